The molecule has 3 aromatic carbocycles. The molecule has 0 saturated heterocycles. The number of alkyl carbamates (subject to hydrolysis) is 2. The third-order valence-corrected chi connectivity index (χ3v) is 9.54. The Morgan fingerprint density at radius 1 is 0.839 bits per heavy atom. The van der Waals surface area contributed by atoms with Gasteiger partial charge in [0.05, 0.1) is 6.54 Å². The van der Waals surface area contributed by atoms with Crippen molar-refractivity contribution in [1.29, 1.82) is 0 Å². The lowest BCUT2D eigenvalue weighted by Crippen LogP contribution is -2.52. The van der Waals surface area contributed by atoms with Gasteiger partial charge in [-0.3, -0.25) is 14.4 Å². The molecule has 0 fully saturated rings. The largest absolute Gasteiger partial charge is 0.448 e. The Kier molecular flexibility index (Phi) is 20.1. The Hall–Kier alpha value is -6.27. The van der Waals surface area contributed by atoms with Crippen LogP contribution in [0.4, 0.5) is 20.1 Å². The number of carbonyl (C=O) groups excluding carboxylic acids is 6. The van der Waals surface area contributed by atoms with Crippen LogP contribution in [0.5, 0.6) is 0 Å². The van der Waals surface area contributed by atoms with Crippen LogP contribution in [-0.4, -0.2) is 92.4 Å². The van der Waals surface area contributed by atoms with Gasteiger partial charge in [-0.05, 0) is 78.6 Å². The van der Waals surface area contributed by atoms with Crippen molar-refractivity contribution >= 4 is 53.3 Å². The average molecular weight is 875 g/mol. The van der Waals surface area contributed by atoms with Crippen molar-refractivity contribution < 1.29 is 43.0 Å². The second-order valence-electron chi connectivity index (χ2n) is 15.7. The van der Waals surface area contributed by atoms with Gasteiger partial charge in [0.15, 0.2) is 6.61 Å². The molecule has 1 atom stereocenters. The number of nitrogens with one attached hydrogen (secondary N) is 5. The molecule has 0 radical (unpaired) electrons. The molecule has 5 N–H and O–H groups in total. The Bertz CT molecular complexity index is 2020. The van der Waals surface area contributed by atoms with Crippen molar-refractivity contribution in [1.82, 2.24) is 26.2 Å². The summed E-state index contributed by atoms with van der Waals surface area (Å²) in [5.41, 5.74) is 6.03. The first-order valence-electron chi connectivity index (χ1n) is 20.4. The summed E-state index contributed by atoms with van der Waals surface area (Å²) in [6.07, 6.45) is 5.40. The van der Waals surface area contributed by atoms with Gasteiger partial charge in [-0.1, -0.05) is 87.7 Å². The quantitative estimate of drug-likeness (QED) is 0.0426. The van der Waals surface area contributed by atoms with Gasteiger partial charge < -0.3 is 45.7 Å². The normalized spacial score (nSPS) is 11.9. The van der Waals surface area contributed by atoms with Gasteiger partial charge in [0.2, 0.25) is 17.7 Å². The smallest absolute Gasteiger partial charge is 0.409 e. The fraction of sp³-hybridized carbons (Fsp3) is 0.435. The van der Waals surface area contributed by atoms with Crippen molar-refractivity contribution in [3.8, 4) is 23.5 Å². The summed E-state index contributed by atoms with van der Waals surface area (Å²) in [6, 6.07) is 20.4. The molecule has 0 heterocycles. The minimum absolute atomic E-state index is 0.0726. The van der Waals surface area contributed by atoms with Crippen molar-refractivity contribution in [3.63, 3.8) is 0 Å². The number of carbonyl (C=O) groups is 6. The van der Waals surface area contributed by atoms with Crippen LogP contribution in [-0.2, 0) is 41.0 Å². The maximum Gasteiger partial charge on any atom is 0.409 e. The number of fused-ring (bicyclic) bond motifs is 3. The van der Waals surface area contributed by atoms with Crippen LogP contribution in [0, 0.1) is 18.3 Å². The van der Waals surface area contributed by atoms with E-state index in [-0.39, 0.29) is 50.1 Å². The highest BCUT2D eigenvalue weighted by Gasteiger charge is 2.30. The van der Waals surface area contributed by atoms with E-state index in [0.29, 0.717) is 17.8 Å². The number of hydrogen-bond acceptors (Lipinski definition) is 9. The highest BCUT2D eigenvalue weighted by molar-refractivity contribution is 6.17. The van der Waals surface area contributed by atoms with E-state index in [9.17, 15) is 28.8 Å². The van der Waals surface area contributed by atoms with E-state index in [4.69, 9.17) is 27.5 Å². The van der Waals surface area contributed by atoms with Crippen LogP contribution < -0.4 is 26.6 Å². The summed E-state index contributed by atoms with van der Waals surface area (Å²) in [7, 11) is 1.63. The van der Waals surface area contributed by atoms with Crippen LogP contribution in [0.15, 0.2) is 66.7 Å². The van der Waals surface area contributed by atoms with E-state index in [0.717, 1.165) is 40.7 Å². The number of amides is 6. The van der Waals surface area contributed by atoms with Gasteiger partial charge in [0.1, 0.15) is 24.8 Å². The monoisotopic (exact) mass is 874 g/mol. The number of unbranched alkanes of at least 4 members (excludes halogenated alkanes) is 1. The first kappa shape index (κ1) is 50.1. The minimum atomic E-state index is -0.970. The SMILES string of the molecule is C#CCOC(=O)NCC(=O)NC(C(=O)NCC(=O)Nc1ccc(CCl)c(CN(C)C(=O)OCC2c3ccccc3-c3ccccc32)c1)C(C)C.CCCCNC(=O)OC(C)(C)C. The third kappa shape index (κ3) is 16.3. The number of anilines is 1. The molecule has 16 heteroatoms. The summed E-state index contributed by atoms with van der Waals surface area (Å²) in [5, 5.41) is 12.7. The number of benzene rings is 3. The summed E-state index contributed by atoms with van der Waals surface area (Å²) in [5.74, 6) is 0.190. The molecule has 62 heavy (non-hydrogen) atoms. The van der Waals surface area contributed by atoms with E-state index < -0.39 is 48.1 Å². The average Bonchev–Trinajstić information content (AvgIpc) is 3.55. The summed E-state index contributed by atoms with van der Waals surface area (Å²) >= 11 is 6.19. The number of ether oxygens (including phenoxy) is 3. The predicted molar refractivity (Wildman–Crippen MR) is 238 cm³/mol. The van der Waals surface area contributed by atoms with E-state index >= 15 is 0 Å². The second kappa shape index (κ2) is 24.9. The summed E-state index contributed by atoms with van der Waals surface area (Å²) in [6.45, 7) is 11.1. The number of nitrogens with zero attached hydrogens (tertiary/aromatic N) is 1. The number of hydrogen-bond donors (Lipinski definition) is 5. The Morgan fingerprint density at radius 3 is 2.05 bits per heavy atom. The molecule has 1 unspecified atom stereocenters. The van der Waals surface area contributed by atoms with E-state index in [1.807, 2.05) is 45.0 Å². The second-order valence-corrected chi connectivity index (χ2v) is 16.0. The summed E-state index contributed by atoms with van der Waals surface area (Å²) < 4.78 is 15.4. The topological polar surface area (TPSA) is 193 Å². The molecular weight excluding hydrogens is 816 g/mol. The van der Waals surface area contributed by atoms with Crippen molar-refractivity contribution in [3.05, 3.63) is 89.0 Å². The molecule has 0 saturated carbocycles. The zero-order chi connectivity index (χ0) is 45.8. The highest BCUT2D eigenvalue weighted by atomic mass is 35.5. The minimum Gasteiger partial charge on any atom is -0.448 e. The molecule has 0 spiro atoms. The van der Waals surface area contributed by atoms with Crippen molar-refractivity contribution in [2.75, 3.05) is 45.2 Å². The lowest BCUT2D eigenvalue weighted by atomic mass is 9.98. The lowest BCUT2D eigenvalue weighted by Gasteiger charge is -2.22. The molecule has 1 aliphatic rings. The fourth-order valence-corrected chi connectivity index (χ4v) is 6.50. The number of halogens is 1. The Labute approximate surface area is 369 Å². The Morgan fingerprint density at radius 2 is 1.47 bits per heavy atom. The zero-order valence-electron chi connectivity index (χ0n) is 36.5. The standard InChI is InChI=1S/C37H40ClN5O7.C9H19NO2/c1-5-16-49-36(47)40-20-33(45)42-34(23(2)3)35(46)39-19-32(44)41-26-15-14-24(18-38)25(17-26)21-43(4)37(48)50-22-31-29-12-8-6-10-27(29)28-11-7-9-13-30(28)31;1-5-6-7-10-8(11)12-9(2,3)4/h1,6-15,17,23,31,34H,16,18-22H2,2-4H3,(H,39,46)(H,40,47)(H,41,44)(H,42,45);5-7H2,1-4H3,(H,10,11). The van der Waals surface area contributed by atoms with Gasteiger partial charge in [-0.15, -0.1) is 18.0 Å². The highest BCUT2D eigenvalue weighted by Crippen LogP contribution is 2.44. The van der Waals surface area contributed by atoms with Crippen molar-refractivity contribution in [2.45, 2.75) is 84.4 Å². The fourth-order valence-electron chi connectivity index (χ4n) is 6.24. The molecule has 0 aliphatic heterocycles. The van der Waals surface area contributed by atoms with Crippen LogP contribution in [0.25, 0.3) is 11.1 Å². The van der Waals surface area contributed by atoms with Crippen LogP contribution in [0.2, 0.25) is 0 Å². The van der Waals surface area contributed by atoms with Crippen molar-refractivity contribution in [2.24, 2.45) is 5.92 Å². The Balaban J connectivity index is 0.000000742. The maximum absolute atomic E-state index is 13.1. The first-order valence-corrected chi connectivity index (χ1v) is 20.9. The maximum atomic E-state index is 13.1. The molecule has 0 bridgehead atoms. The molecule has 4 rings (SSSR count). The van der Waals surface area contributed by atoms with Crippen LogP contribution in [0.1, 0.15) is 82.6 Å². The van der Waals surface area contributed by atoms with E-state index in [1.165, 1.54) is 4.90 Å². The van der Waals surface area contributed by atoms with Gasteiger partial charge in [0, 0.05) is 37.6 Å². The molecule has 6 amide bonds. The van der Waals surface area contributed by atoms with Crippen LogP contribution in [0.3, 0.4) is 0 Å². The number of terminal acetylenes is 1. The molecule has 3 aromatic rings. The van der Waals surface area contributed by atoms with Gasteiger partial charge in [0.25, 0.3) is 0 Å². The lowest BCUT2D eigenvalue weighted by molar-refractivity contribution is -0.130. The van der Waals surface area contributed by atoms with Gasteiger partial charge >= 0.3 is 18.3 Å². The summed E-state index contributed by atoms with van der Waals surface area (Å²) in [4.78, 5) is 75.0. The molecule has 15 nitrogen and oxygen atoms in total. The molecule has 1 aliphatic carbocycles. The molecular formula is C46H59ClN6O9. The van der Waals surface area contributed by atoms with E-state index in [2.05, 4.69) is 68.4 Å². The number of rotatable bonds is 17. The predicted octanol–water partition coefficient (Wildman–Crippen LogP) is 6.67. The van der Waals surface area contributed by atoms with E-state index in [1.54, 1.807) is 39.1 Å². The first-order chi connectivity index (χ1) is 29.5. The number of alkyl halides is 1. The van der Waals surface area contributed by atoms with Gasteiger partial charge in [-0.2, -0.15) is 0 Å². The van der Waals surface area contributed by atoms with Gasteiger partial charge in [-0.25, -0.2) is 14.4 Å². The third-order valence-electron chi connectivity index (χ3n) is 9.26. The zero-order valence-corrected chi connectivity index (χ0v) is 37.3. The van der Waals surface area contributed by atoms with Crippen LogP contribution >= 0.6 is 11.6 Å². The molecule has 334 valence electrons. The molecule has 0 aromatic heterocycles.